The Labute approximate surface area is 114 Å². The van der Waals surface area contributed by atoms with Gasteiger partial charge in [0.15, 0.2) is 0 Å². The number of aldehydes is 1. The van der Waals surface area contributed by atoms with Gasteiger partial charge < -0.3 is 35.9 Å². The number of aliphatic hydroxyl groups is 4. The molecule has 0 spiro atoms. The van der Waals surface area contributed by atoms with Gasteiger partial charge in [-0.3, -0.25) is 9.59 Å². The van der Waals surface area contributed by atoms with Gasteiger partial charge in [0, 0.05) is 6.42 Å². The molecule has 1 rings (SSSR count). The van der Waals surface area contributed by atoms with E-state index in [2.05, 4.69) is 10.6 Å². The third kappa shape index (κ3) is 3.97. The number of amides is 2. The van der Waals surface area contributed by atoms with Gasteiger partial charge in [-0.1, -0.05) is 0 Å². The van der Waals surface area contributed by atoms with Gasteiger partial charge in [0.05, 0.1) is 6.61 Å². The largest absolute Gasteiger partial charge is 0.394 e. The van der Waals surface area contributed by atoms with Gasteiger partial charge >= 0.3 is 0 Å². The SMILES string of the molecule is O=C[C@H](NC(=O)[C@@H]1CCC(=O)N1)[C@@H](O)[C@H](O)[C@H](O)CO. The molecule has 5 atom stereocenters. The minimum atomic E-state index is -1.80. The fourth-order valence-electron chi connectivity index (χ4n) is 1.82. The summed E-state index contributed by atoms with van der Waals surface area (Å²) in [5, 5.41) is 41.5. The number of carbonyl (C=O) groups is 3. The molecule has 0 radical (unpaired) electrons. The van der Waals surface area contributed by atoms with Crippen molar-refractivity contribution in [3.05, 3.63) is 0 Å². The predicted octanol–water partition coefficient (Wildman–Crippen LogP) is -3.98. The quantitative estimate of drug-likeness (QED) is 0.261. The van der Waals surface area contributed by atoms with Crippen LogP contribution in [0, 0.1) is 0 Å². The first-order valence-corrected chi connectivity index (χ1v) is 6.10. The van der Waals surface area contributed by atoms with Crippen molar-refractivity contribution in [1.82, 2.24) is 10.6 Å². The summed E-state index contributed by atoms with van der Waals surface area (Å²) in [5.74, 6) is -0.957. The van der Waals surface area contributed by atoms with Crippen LogP contribution in [0.25, 0.3) is 0 Å². The van der Waals surface area contributed by atoms with Crippen molar-refractivity contribution >= 4 is 18.1 Å². The number of nitrogens with one attached hydrogen (secondary N) is 2. The van der Waals surface area contributed by atoms with Crippen LogP contribution in [0.2, 0.25) is 0 Å². The predicted molar refractivity (Wildman–Crippen MR) is 64.3 cm³/mol. The average molecular weight is 290 g/mol. The number of carbonyl (C=O) groups excluding carboxylic acids is 3. The van der Waals surface area contributed by atoms with Crippen LogP contribution in [0.5, 0.6) is 0 Å². The van der Waals surface area contributed by atoms with Crippen LogP contribution in [0.3, 0.4) is 0 Å². The first kappa shape index (κ1) is 16.5. The van der Waals surface area contributed by atoms with E-state index < -0.39 is 42.9 Å². The standard InChI is InChI=1S/C11H18N2O7/c14-3-6(9(18)10(19)7(16)4-15)13-11(20)5-1-2-8(17)12-5/h3,5-7,9-10,15-16,18-19H,1-2,4H2,(H,12,17)(H,13,20)/t5-,6-,7+,9+,10+/m0/s1. The fraction of sp³-hybridized carbons (Fsp3) is 0.727. The number of aliphatic hydroxyl groups excluding tert-OH is 4. The van der Waals surface area contributed by atoms with Gasteiger partial charge in [0.25, 0.3) is 0 Å². The zero-order valence-corrected chi connectivity index (χ0v) is 10.6. The maximum Gasteiger partial charge on any atom is 0.243 e. The monoisotopic (exact) mass is 290 g/mol. The van der Waals surface area contributed by atoms with E-state index in [1.807, 2.05) is 0 Å². The molecule has 1 saturated heterocycles. The number of hydrogen-bond acceptors (Lipinski definition) is 7. The van der Waals surface area contributed by atoms with Crippen LogP contribution in [0.4, 0.5) is 0 Å². The van der Waals surface area contributed by atoms with Crippen molar-refractivity contribution in [1.29, 1.82) is 0 Å². The molecule has 1 aliphatic rings. The second-order valence-corrected chi connectivity index (χ2v) is 4.56. The van der Waals surface area contributed by atoms with Gasteiger partial charge in [-0.15, -0.1) is 0 Å². The number of rotatable bonds is 7. The van der Waals surface area contributed by atoms with Gasteiger partial charge in [-0.25, -0.2) is 0 Å². The topological polar surface area (TPSA) is 156 Å². The van der Waals surface area contributed by atoms with Crippen molar-refractivity contribution in [2.75, 3.05) is 6.61 Å². The Morgan fingerprint density at radius 3 is 2.50 bits per heavy atom. The highest BCUT2D eigenvalue weighted by molar-refractivity contribution is 5.91. The van der Waals surface area contributed by atoms with E-state index in [0.29, 0.717) is 0 Å². The summed E-state index contributed by atoms with van der Waals surface area (Å²) in [6, 6.07) is -2.26. The normalized spacial score (nSPS) is 24.4. The molecular weight excluding hydrogens is 272 g/mol. The van der Waals surface area contributed by atoms with Crippen LogP contribution >= 0.6 is 0 Å². The lowest BCUT2D eigenvalue weighted by Crippen LogP contribution is -2.56. The van der Waals surface area contributed by atoms with Crippen molar-refractivity contribution in [3.8, 4) is 0 Å². The Morgan fingerprint density at radius 2 is 2.05 bits per heavy atom. The molecule has 20 heavy (non-hydrogen) atoms. The molecule has 0 saturated carbocycles. The Kier molecular flexibility index (Phi) is 6.02. The average Bonchev–Trinajstić information content (AvgIpc) is 2.88. The minimum absolute atomic E-state index is 0.193. The summed E-state index contributed by atoms with van der Waals surface area (Å²) in [5.41, 5.74) is 0. The smallest absolute Gasteiger partial charge is 0.243 e. The van der Waals surface area contributed by atoms with Crippen molar-refractivity contribution in [2.24, 2.45) is 0 Å². The summed E-state index contributed by atoms with van der Waals surface area (Å²) in [4.78, 5) is 33.6. The Morgan fingerprint density at radius 1 is 1.40 bits per heavy atom. The van der Waals surface area contributed by atoms with Crippen LogP contribution in [-0.2, 0) is 14.4 Å². The maximum absolute atomic E-state index is 11.7. The Bertz CT molecular complexity index is 376. The molecule has 9 heteroatoms. The van der Waals surface area contributed by atoms with Crippen LogP contribution < -0.4 is 10.6 Å². The second kappa shape index (κ2) is 7.29. The summed E-state index contributed by atoms with van der Waals surface area (Å²) >= 11 is 0. The molecule has 0 aromatic heterocycles. The molecule has 1 aliphatic heterocycles. The van der Waals surface area contributed by atoms with Crippen molar-refractivity contribution in [2.45, 2.75) is 43.2 Å². The zero-order valence-electron chi connectivity index (χ0n) is 10.6. The van der Waals surface area contributed by atoms with E-state index in [4.69, 9.17) is 5.11 Å². The minimum Gasteiger partial charge on any atom is -0.394 e. The van der Waals surface area contributed by atoms with Crippen molar-refractivity contribution in [3.63, 3.8) is 0 Å². The van der Waals surface area contributed by atoms with Gasteiger partial charge in [-0.2, -0.15) is 0 Å². The first-order valence-electron chi connectivity index (χ1n) is 6.10. The molecule has 2 amide bonds. The summed E-state index contributed by atoms with van der Waals surface area (Å²) < 4.78 is 0. The lowest BCUT2D eigenvalue weighted by atomic mass is 10.0. The third-order valence-electron chi connectivity index (χ3n) is 3.07. The highest BCUT2D eigenvalue weighted by Gasteiger charge is 2.34. The van der Waals surface area contributed by atoms with Crippen LogP contribution in [-0.4, -0.2) is 75.5 Å². The molecule has 0 bridgehead atoms. The Balaban J connectivity index is 2.59. The van der Waals surface area contributed by atoms with E-state index in [1.165, 1.54) is 0 Å². The molecule has 6 N–H and O–H groups in total. The van der Waals surface area contributed by atoms with E-state index in [-0.39, 0.29) is 25.0 Å². The molecule has 114 valence electrons. The molecule has 0 unspecified atom stereocenters. The molecule has 1 fully saturated rings. The summed E-state index contributed by atoms with van der Waals surface area (Å²) in [6.07, 6.45) is -4.56. The lowest BCUT2D eigenvalue weighted by molar-refractivity contribution is -0.132. The molecule has 1 heterocycles. The van der Waals surface area contributed by atoms with E-state index in [9.17, 15) is 29.7 Å². The van der Waals surface area contributed by atoms with E-state index >= 15 is 0 Å². The maximum atomic E-state index is 11.7. The Hall–Kier alpha value is -1.55. The lowest BCUT2D eigenvalue weighted by Gasteiger charge is -2.26. The van der Waals surface area contributed by atoms with Crippen LogP contribution in [0.1, 0.15) is 12.8 Å². The van der Waals surface area contributed by atoms with Gasteiger partial charge in [-0.05, 0) is 6.42 Å². The molecule has 0 aromatic carbocycles. The third-order valence-corrected chi connectivity index (χ3v) is 3.07. The molecule has 0 aliphatic carbocycles. The van der Waals surface area contributed by atoms with Gasteiger partial charge in [0.1, 0.15) is 36.7 Å². The number of hydrogen-bond donors (Lipinski definition) is 6. The molecule has 9 nitrogen and oxygen atoms in total. The van der Waals surface area contributed by atoms with E-state index in [1.54, 1.807) is 0 Å². The zero-order chi connectivity index (χ0) is 15.3. The van der Waals surface area contributed by atoms with Gasteiger partial charge in [0.2, 0.25) is 11.8 Å². The highest BCUT2D eigenvalue weighted by atomic mass is 16.4. The van der Waals surface area contributed by atoms with E-state index in [0.717, 1.165) is 0 Å². The second-order valence-electron chi connectivity index (χ2n) is 4.56. The van der Waals surface area contributed by atoms with Crippen LogP contribution in [0.15, 0.2) is 0 Å². The highest BCUT2D eigenvalue weighted by Crippen LogP contribution is 2.08. The molecule has 0 aromatic rings. The fourth-order valence-corrected chi connectivity index (χ4v) is 1.82. The summed E-state index contributed by atoms with van der Waals surface area (Å²) in [7, 11) is 0. The molecular formula is C11H18N2O7. The first-order chi connectivity index (χ1) is 9.40. The van der Waals surface area contributed by atoms with Crippen molar-refractivity contribution < 1.29 is 34.8 Å². The summed E-state index contributed by atoms with van der Waals surface area (Å²) in [6.45, 7) is -0.809.